The normalized spacial score (nSPS) is 19.8. The number of carbonyl (C=O) groups excluding carboxylic acids is 1. The zero-order valence-electron chi connectivity index (χ0n) is 14.0. The molecular formula is C21H24N2O. The summed E-state index contributed by atoms with van der Waals surface area (Å²) in [6.45, 7) is 3.60. The number of benzene rings is 2. The zero-order valence-corrected chi connectivity index (χ0v) is 14.0. The van der Waals surface area contributed by atoms with Gasteiger partial charge in [-0.2, -0.15) is 0 Å². The smallest absolute Gasteiger partial charge is 0.229 e. The molecule has 24 heavy (non-hydrogen) atoms. The molecule has 124 valence electrons. The number of hydrogen-bond donors (Lipinski definition) is 1. The predicted octanol–water partition coefficient (Wildman–Crippen LogP) is 3.46. The molecule has 2 aromatic rings. The zero-order chi connectivity index (χ0) is 16.4. The summed E-state index contributed by atoms with van der Waals surface area (Å²) < 4.78 is 0. The summed E-state index contributed by atoms with van der Waals surface area (Å²) in [6.07, 6.45) is 3.01. The first-order chi connectivity index (χ1) is 11.8. The highest BCUT2D eigenvalue weighted by Crippen LogP contribution is 2.40. The molecule has 0 radical (unpaired) electrons. The van der Waals surface area contributed by atoms with E-state index in [1.54, 1.807) is 0 Å². The lowest BCUT2D eigenvalue weighted by Crippen LogP contribution is -2.42. The number of hydrogen-bond acceptors (Lipinski definition) is 2. The number of rotatable bonds is 3. The Morgan fingerprint density at radius 2 is 1.54 bits per heavy atom. The molecule has 0 atom stereocenters. The van der Waals surface area contributed by atoms with Gasteiger partial charge in [0, 0.05) is 13.1 Å². The van der Waals surface area contributed by atoms with Crippen LogP contribution in [0.15, 0.2) is 54.6 Å². The van der Waals surface area contributed by atoms with Crippen molar-refractivity contribution in [2.45, 2.75) is 25.8 Å². The summed E-state index contributed by atoms with van der Waals surface area (Å²) in [6, 6.07) is 19.0. The fourth-order valence-electron chi connectivity index (χ4n) is 4.07. The van der Waals surface area contributed by atoms with Gasteiger partial charge in [0.05, 0.1) is 5.41 Å². The second kappa shape index (κ2) is 6.40. The minimum atomic E-state index is -0.0742. The van der Waals surface area contributed by atoms with Gasteiger partial charge in [0.2, 0.25) is 5.91 Å². The van der Waals surface area contributed by atoms with Crippen LogP contribution in [-0.4, -0.2) is 30.4 Å². The van der Waals surface area contributed by atoms with Crippen LogP contribution in [0.1, 0.15) is 24.8 Å². The van der Waals surface area contributed by atoms with Gasteiger partial charge in [0.25, 0.3) is 0 Å². The summed E-state index contributed by atoms with van der Waals surface area (Å²) >= 11 is 0. The Balaban J connectivity index is 1.45. The molecule has 1 N–H and O–H groups in total. The standard InChI is InChI=1S/C21H24N2O/c24-20-21(10-13-22-14-11-21)12-15-23(20)16-17-6-8-19(9-7-17)18-4-2-1-3-5-18/h1-9,22H,10-16H2. The van der Waals surface area contributed by atoms with E-state index in [-0.39, 0.29) is 5.41 Å². The van der Waals surface area contributed by atoms with Crippen LogP contribution in [0, 0.1) is 5.41 Å². The van der Waals surface area contributed by atoms with Crippen molar-refractivity contribution >= 4 is 5.91 Å². The lowest BCUT2D eigenvalue weighted by atomic mass is 9.78. The van der Waals surface area contributed by atoms with Crippen molar-refractivity contribution in [3.8, 4) is 11.1 Å². The van der Waals surface area contributed by atoms with Gasteiger partial charge in [-0.25, -0.2) is 0 Å². The van der Waals surface area contributed by atoms with Crippen molar-refractivity contribution in [3.05, 3.63) is 60.2 Å². The lowest BCUT2D eigenvalue weighted by Gasteiger charge is -2.32. The second-order valence-electron chi connectivity index (χ2n) is 7.07. The van der Waals surface area contributed by atoms with Gasteiger partial charge in [-0.3, -0.25) is 4.79 Å². The van der Waals surface area contributed by atoms with Crippen LogP contribution in [0.3, 0.4) is 0 Å². The van der Waals surface area contributed by atoms with E-state index in [2.05, 4.69) is 58.7 Å². The minimum absolute atomic E-state index is 0.0742. The maximum Gasteiger partial charge on any atom is 0.229 e. The van der Waals surface area contributed by atoms with E-state index < -0.39 is 0 Å². The summed E-state index contributed by atoms with van der Waals surface area (Å²) in [5.74, 6) is 0.371. The van der Waals surface area contributed by atoms with Crippen molar-refractivity contribution in [1.82, 2.24) is 10.2 Å². The third kappa shape index (κ3) is 2.84. The topological polar surface area (TPSA) is 32.3 Å². The molecule has 2 saturated heterocycles. The van der Waals surface area contributed by atoms with Crippen LogP contribution in [0.4, 0.5) is 0 Å². The van der Waals surface area contributed by atoms with Gasteiger partial charge >= 0.3 is 0 Å². The van der Waals surface area contributed by atoms with Crippen molar-refractivity contribution in [1.29, 1.82) is 0 Å². The summed E-state index contributed by atoms with van der Waals surface area (Å²) in [4.78, 5) is 14.9. The predicted molar refractivity (Wildman–Crippen MR) is 96.4 cm³/mol. The van der Waals surface area contributed by atoms with Gasteiger partial charge in [-0.1, -0.05) is 54.6 Å². The van der Waals surface area contributed by atoms with E-state index in [1.807, 2.05) is 6.07 Å². The third-order valence-electron chi connectivity index (χ3n) is 5.60. The largest absolute Gasteiger partial charge is 0.338 e. The Labute approximate surface area is 143 Å². The molecule has 2 aromatic carbocycles. The Morgan fingerprint density at radius 1 is 0.875 bits per heavy atom. The molecular weight excluding hydrogens is 296 g/mol. The van der Waals surface area contributed by atoms with Crippen LogP contribution >= 0.6 is 0 Å². The molecule has 2 aliphatic rings. The average molecular weight is 320 g/mol. The molecule has 2 fully saturated rings. The van der Waals surface area contributed by atoms with E-state index in [4.69, 9.17) is 0 Å². The molecule has 3 heteroatoms. The maximum absolute atomic E-state index is 12.9. The van der Waals surface area contributed by atoms with Gasteiger partial charge in [-0.05, 0) is 49.0 Å². The molecule has 2 heterocycles. The van der Waals surface area contributed by atoms with Crippen molar-refractivity contribution < 1.29 is 4.79 Å². The average Bonchev–Trinajstić information content (AvgIpc) is 2.93. The molecule has 1 amide bonds. The molecule has 1 spiro atoms. The first kappa shape index (κ1) is 15.4. The molecule has 0 saturated carbocycles. The van der Waals surface area contributed by atoms with Crippen LogP contribution in [-0.2, 0) is 11.3 Å². The Kier molecular flexibility index (Phi) is 4.11. The number of amides is 1. The Morgan fingerprint density at radius 3 is 2.25 bits per heavy atom. The first-order valence-electron chi connectivity index (χ1n) is 8.91. The summed E-state index contributed by atoms with van der Waals surface area (Å²) in [7, 11) is 0. The highest BCUT2D eigenvalue weighted by molar-refractivity contribution is 5.85. The number of nitrogens with one attached hydrogen (secondary N) is 1. The van der Waals surface area contributed by atoms with Crippen molar-refractivity contribution in [2.75, 3.05) is 19.6 Å². The highest BCUT2D eigenvalue weighted by Gasteiger charge is 2.46. The van der Waals surface area contributed by atoms with E-state index >= 15 is 0 Å². The van der Waals surface area contributed by atoms with Crippen molar-refractivity contribution in [3.63, 3.8) is 0 Å². The van der Waals surface area contributed by atoms with E-state index in [0.29, 0.717) is 5.91 Å². The molecule has 0 unspecified atom stereocenters. The number of piperidine rings is 1. The monoisotopic (exact) mass is 320 g/mol. The van der Waals surface area contributed by atoms with Gasteiger partial charge in [0.1, 0.15) is 0 Å². The van der Waals surface area contributed by atoms with Crippen LogP contribution in [0.25, 0.3) is 11.1 Å². The molecule has 4 rings (SSSR count). The molecule has 0 aliphatic carbocycles. The van der Waals surface area contributed by atoms with Crippen LogP contribution in [0.5, 0.6) is 0 Å². The first-order valence-corrected chi connectivity index (χ1v) is 8.91. The minimum Gasteiger partial charge on any atom is -0.338 e. The lowest BCUT2D eigenvalue weighted by molar-refractivity contribution is -0.137. The van der Waals surface area contributed by atoms with Crippen LogP contribution in [0.2, 0.25) is 0 Å². The number of carbonyl (C=O) groups is 1. The van der Waals surface area contributed by atoms with Gasteiger partial charge in [-0.15, -0.1) is 0 Å². The highest BCUT2D eigenvalue weighted by atomic mass is 16.2. The van der Waals surface area contributed by atoms with Crippen LogP contribution < -0.4 is 5.32 Å². The Bertz CT molecular complexity index is 702. The fraction of sp³-hybridized carbons (Fsp3) is 0.381. The summed E-state index contributed by atoms with van der Waals surface area (Å²) in [5, 5.41) is 3.37. The van der Waals surface area contributed by atoms with E-state index in [0.717, 1.165) is 45.4 Å². The number of nitrogens with zero attached hydrogens (tertiary/aromatic N) is 1. The summed E-state index contributed by atoms with van der Waals surface area (Å²) in [5.41, 5.74) is 3.60. The quantitative estimate of drug-likeness (QED) is 0.939. The fourth-order valence-corrected chi connectivity index (χ4v) is 4.07. The number of likely N-dealkylation sites (tertiary alicyclic amines) is 1. The van der Waals surface area contributed by atoms with Crippen molar-refractivity contribution in [2.24, 2.45) is 5.41 Å². The molecule has 0 aromatic heterocycles. The van der Waals surface area contributed by atoms with Gasteiger partial charge < -0.3 is 10.2 Å². The maximum atomic E-state index is 12.9. The molecule has 2 aliphatic heterocycles. The SMILES string of the molecule is O=C1N(Cc2ccc(-c3ccccc3)cc2)CCC12CCNCC2. The second-order valence-corrected chi connectivity index (χ2v) is 7.07. The van der Waals surface area contributed by atoms with E-state index in [9.17, 15) is 4.79 Å². The molecule has 3 nitrogen and oxygen atoms in total. The third-order valence-corrected chi connectivity index (χ3v) is 5.60. The van der Waals surface area contributed by atoms with Gasteiger partial charge in [0.15, 0.2) is 0 Å². The Hall–Kier alpha value is -2.13. The van der Waals surface area contributed by atoms with E-state index in [1.165, 1.54) is 16.7 Å². The molecule has 0 bridgehead atoms.